The average molecular weight is 393 g/mol. The first-order valence-electron chi connectivity index (χ1n) is 8.17. The molecule has 2 N–H and O–H groups in total. The molecule has 26 heavy (non-hydrogen) atoms. The predicted octanol–water partition coefficient (Wildman–Crippen LogP) is 2.14. The molecule has 1 aromatic heterocycles. The number of anilines is 1. The monoisotopic (exact) mass is 392 g/mol. The Morgan fingerprint density at radius 2 is 1.88 bits per heavy atom. The number of hydrogen-bond donors (Lipinski definition) is 2. The third-order valence-electron chi connectivity index (χ3n) is 3.90. The third-order valence-corrected chi connectivity index (χ3v) is 6.75. The number of thioether (sulfide) groups is 1. The van der Waals surface area contributed by atoms with Gasteiger partial charge in [-0.25, -0.2) is 13.2 Å². The molecule has 2 aromatic rings. The molecule has 0 spiro atoms. The number of benzene rings is 1. The molecule has 1 aliphatic heterocycles. The highest BCUT2D eigenvalue weighted by atomic mass is 32.2. The molecular weight excluding hydrogens is 372 g/mol. The molecule has 9 heteroatoms. The van der Waals surface area contributed by atoms with E-state index in [1.54, 1.807) is 42.4 Å². The van der Waals surface area contributed by atoms with Gasteiger partial charge in [0.1, 0.15) is 0 Å². The van der Waals surface area contributed by atoms with Gasteiger partial charge in [-0.3, -0.25) is 4.98 Å². The molecule has 0 saturated carbocycles. The maximum absolute atomic E-state index is 12.6. The highest BCUT2D eigenvalue weighted by Crippen LogP contribution is 2.21. The van der Waals surface area contributed by atoms with Crippen molar-refractivity contribution < 1.29 is 13.2 Å². The first kappa shape index (κ1) is 18.7. The molecule has 2 heterocycles. The van der Waals surface area contributed by atoms with E-state index in [0.717, 1.165) is 17.1 Å². The van der Waals surface area contributed by atoms with Crippen molar-refractivity contribution in [2.75, 3.05) is 29.9 Å². The van der Waals surface area contributed by atoms with E-state index >= 15 is 0 Å². The van der Waals surface area contributed by atoms with E-state index < -0.39 is 10.0 Å². The third kappa shape index (κ3) is 4.75. The number of nitrogens with one attached hydrogen (secondary N) is 2. The summed E-state index contributed by atoms with van der Waals surface area (Å²) in [5.74, 6) is 1.63. The van der Waals surface area contributed by atoms with Crippen molar-refractivity contribution in [3.05, 3.63) is 54.4 Å². The summed E-state index contributed by atoms with van der Waals surface area (Å²) >= 11 is 1.76. The topological polar surface area (TPSA) is 91.4 Å². The van der Waals surface area contributed by atoms with Crippen molar-refractivity contribution in [1.29, 1.82) is 0 Å². The fourth-order valence-corrected chi connectivity index (χ4v) is 5.08. The van der Waals surface area contributed by atoms with E-state index in [9.17, 15) is 13.2 Å². The summed E-state index contributed by atoms with van der Waals surface area (Å²) in [4.78, 5) is 16.2. The second-order valence-corrected chi connectivity index (χ2v) is 8.87. The number of carbonyl (C=O) groups excluding carboxylic acids is 1. The van der Waals surface area contributed by atoms with Crippen LogP contribution in [0.1, 0.15) is 5.56 Å². The lowest BCUT2D eigenvalue weighted by molar-refractivity contribution is 0.251. The van der Waals surface area contributed by atoms with Gasteiger partial charge < -0.3 is 10.6 Å². The molecule has 0 bridgehead atoms. The highest BCUT2D eigenvalue weighted by molar-refractivity contribution is 7.99. The smallest absolute Gasteiger partial charge is 0.319 e. The molecule has 3 rings (SSSR count). The number of rotatable bonds is 5. The van der Waals surface area contributed by atoms with E-state index in [0.29, 0.717) is 25.3 Å². The molecule has 1 fully saturated rings. The van der Waals surface area contributed by atoms with Gasteiger partial charge in [0.15, 0.2) is 0 Å². The van der Waals surface area contributed by atoms with Crippen LogP contribution in [0.25, 0.3) is 0 Å². The summed E-state index contributed by atoms with van der Waals surface area (Å²) in [6, 6.07) is 9.53. The molecule has 0 radical (unpaired) electrons. The van der Waals surface area contributed by atoms with Gasteiger partial charge in [0.2, 0.25) is 10.0 Å². The maximum atomic E-state index is 12.6. The SMILES string of the molecule is O=C(NCc1cccnc1)Nc1ccc(S(=O)(=O)N2CCSCC2)cc1. The van der Waals surface area contributed by atoms with E-state index in [1.165, 1.54) is 16.4 Å². The Morgan fingerprint density at radius 1 is 1.15 bits per heavy atom. The largest absolute Gasteiger partial charge is 0.334 e. The van der Waals surface area contributed by atoms with Gasteiger partial charge >= 0.3 is 6.03 Å². The van der Waals surface area contributed by atoms with Crippen molar-refractivity contribution in [2.24, 2.45) is 0 Å². The predicted molar refractivity (Wildman–Crippen MR) is 103 cm³/mol. The first-order chi connectivity index (χ1) is 12.6. The lowest BCUT2D eigenvalue weighted by atomic mass is 10.3. The second kappa shape index (κ2) is 8.52. The normalized spacial score (nSPS) is 15.4. The van der Waals surface area contributed by atoms with Crippen LogP contribution in [0.2, 0.25) is 0 Å². The van der Waals surface area contributed by atoms with Gasteiger partial charge in [-0.1, -0.05) is 6.07 Å². The Labute approximate surface area is 157 Å². The second-order valence-electron chi connectivity index (χ2n) is 5.71. The number of urea groups is 1. The molecular formula is C17H20N4O3S2. The first-order valence-corrected chi connectivity index (χ1v) is 10.8. The molecule has 0 unspecified atom stereocenters. The number of carbonyl (C=O) groups is 1. The van der Waals surface area contributed by atoms with Gasteiger partial charge in [0, 0.05) is 49.2 Å². The van der Waals surface area contributed by atoms with Gasteiger partial charge in [-0.05, 0) is 35.9 Å². The van der Waals surface area contributed by atoms with E-state index in [-0.39, 0.29) is 10.9 Å². The Bertz CT molecular complexity index is 836. The summed E-state index contributed by atoms with van der Waals surface area (Å²) in [7, 11) is -3.47. The molecule has 2 amide bonds. The van der Waals surface area contributed by atoms with Crippen LogP contribution >= 0.6 is 11.8 Å². The van der Waals surface area contributed by atoms with Crippen molar-refractivity contribution in [3.63, 3.8) is 0 Å². The zero-order valence-corrected chi connectivity index (χ0v) is 15.7. The zero-order valence-electron chi connectivity index (χ0n) is 14.1. The molecule has 7 nitrogen and oxygen atoms in total. The van der Waals surface area contributed by atoms with Crippen molar-refractivity contribution in [3.8, 4) is 0 Å². The van der Waals surface area contributed by atoms with E-state index in [1.807, 2.05) is 6.07 Å². The lowest BCUT2D eigenvalue weighted by Crippen LogP contribution is -2.37. The lowest BCUT2D eigenvalue weighted by Gasteiger charge is -2.25. The number of pyridine rings is 1. The Balaban J connectivity index is 1.58. The highest BCUT2D eigenvalue weighted by Gasteiger charge is 2.25. The van der Waals surface area contributed by atoms with Crippen molar-refractivity contribution in [1.82, 2.24) is 14.6 Å². The summed E-state index contributed by atoms with van der Waals surface area (Å²) in [5.41, 5.74) is 1.42. The Morgan fingerprint density at radius 3 is 2.54 bits per heavy atom. The van der Waals surface area contributed by atoms with Crippen molar-refractivity contribution >= 4 is 33.5 Å². The Kier molecular flexibility index (Phi) is 6.12. The minimum atomic E-state index is -3.47. The average Bonchev–Trinajstić information content (AvgIpc) is 2.68. The number of amides is 2. The summed E-state index contributed by atoms with van der Waals surface area (Å²) in [5, 5.41) is 5.41. The van der Waals surface area contributed by atoms with Crippen LogP contribution in [0.3, 0.4) is 0 Å². The molecule has 1 aromatic carbocycles. The summed E-state index contributed by atoms with van der Waals surface area (Å²) < 4.78 is 26.7. The standard InChI is InChI=1S/C17H20N4O3S2/c22-17(19-13-14-2-1-7-18-12-14)20-15-3-5-16(6-4-15)26(23,24)21-8-10-25-11-9-21/h1-7,12H,8-11,13H2,(H2,19,20,22). The minimum absolute atomic E-state index is 0.241. The van der Waals surface area contributed by atoms with Crippen LogP contribution in [0.4, 0.5) is 10.5 Å². The molecule has 0 aliphatic carbocycles. The van der Waals surface area contributed by atoms with Crippen LogP contribution in [0.5, 0.6) is 0 Å². The van der Waals surface area contributed by atoms with E-state index in [2.05, 4.69) is 15.6 Å². The van der Waals surface area contributed by atoms with Crippen LogP contribution in [-0.2, 0) is 16.6 Å². The number of sulfonamides is 1. The number of aromatic nitrogens is 1. The zero-order chi connectivity index (χ0) is 18.4. The molecule has 0 atom stereocenters. The quantitative estimate of drug-likeness (QED) is 0.813. The van der Waals surface area contributed by atoms with Crippen LogP contribution in [0.15, 0.2) is 53.7 Å². The minimum Gasteiger partial charge on any atom is -0.334 e. The van der Waals surface area contributed by atoms with Crippen LogP contribution < -0.4 is 10.6 Å². The molecule has 1 aliphatic rings. The molecule has 138 valence electrons. The fourth-order valence-electron chi connectivity index (χ4n) is 2.51. The maximum Gasteiger partial charge on any atom is 0.319 e. The summed E-state index contributed by atoms with van der Waals surface area (Å²) in [6.45, 7) is 1.42. The van der Waals surface area contributed by atoms with Gasteiger partial charge in [0.25, 0.3) is 0 Å². The van der Waals surface area contributed by atoms with Crippen molar-refractivity contribution in [2.45, 2.75) is 11.4 Å². The van der Waals surface area contributed by atoms with Gasteiger partial charge in [-0.15, -0.1) is 0 Å². The van der Waals surface area contributed by atoms with Crippen LogP contribution in [-0.4, -0.2) is 48.3 Å². The van der Waals surface area contributed by atoms with E-state index in [4.69, 9.17) is 0 Å². The fraction of sp³-hybridized carbons (Fsp3) is 0.294. The summed E-state index contributed by atoms with van der Waals surface area (Å²) in [6.07, 6.45) is 3.35. The van der Waals surface area contributed by atoms with Crippen LogP contribution in [0, 0.1) is 0 Å². The van der Waals surface area contributed by atoms with Gasteiger partial charge in [0.05, 0.1) is 4.90 Å². The Hall–Kier alpha value is -2.10. The number of nitrogens with zero attached hydrogens (tertiary/aromatic N) is 2. The number of hydrogen-bond acceptors (Lipinski definition) is 5. The molecule has 1 saturated heterocycles. The van der Waals surface area contributed by atoms with Gasteiger partial charge in [-0.2, -0.15) is 16.1 Å².